The summed E-state index contributed by atoms with van der Waals surface area (Å²) in [6, 6.07) is 0. The van der Waals surface area contributed by atoms with Gasteiger partial charge in [0.05, 0.1) is 13.2 Å². The molecule has 1 amide bonds. The highest BCUT2D eigenvalue weighted by atomic mass is 32.2. The van der Waals surface area contributed by atoms with Crippen LogP contribution in [0.2, 0.25) is 0 Å². The van der Waals surface area contributed by atoms with Gasteiger partial charge in [-0.2, -0.15) is 0 Å². The van der Waals surface area contributed by atoms with Crippen molar-refractivity contribution >= 4 is 22.8 Å². The summed E-state index contributed by atoms with van der Waals surface area (Å²) in [5, 5.41) is 7.11. The zero-order valence-electron chi connectivity index (χ0n) is 11.4. The first kappa shape index (κ1) is 15.3. The molecule has 0 aromatic heterocycles. The van der Waals surface area contributed by atoms with Gasteiger partial charge in [0, 0.05) is 31.4 Å². The van der Waals surface area contributed by atoms with Crippen molar-refractivity contribution < 1.29 is 9.53 Å². The van der Waals surface area contributed by atoms with Crippen LogP contribution in [0, 0.1) is 0 Å². The van der Waals surface area contributed by atoms with E-state index in [0.717, 1.165) is 17.3 Å². The molecule has 18 heavy (non-hydrogen) atoms. The third-order valence-electron chi connectivity index (χ3n) is 2.63. The van der Waals surface area contributed by atoms with E-state index in [1.54, 1.807) is 18.9 Å². The second-order valence-electron chi connectivity index (χ2n) is 4.89. The van der Waals surface area contributed by atoms with Crippen LogP contribution in [0.15, 0.2) is 4.99 Å². The number of carbonyl (C=O) groups is 1. The van der Waals surface area contributed by atoms with Crippen LogP contribution >= 0.6 is 11.8 Å². The van der Waals surface area contributed by atoms with Crippen LogP contribution in [0.4, 0.5) is 0 Å². The molecule has 1 aliphatic rings. The predicted octanol–water partition coefficient (Wildman–Crippen LogP) is 1.00. The standard InChI is InChI=1S/C12H23N3O2S/c1-12(2)5-9-18-11(15-12)14-6-4-10(16)13-7-8-17-3/h4-9H2,1-3H3,(H,13,16)(H,14,15). The van der Waals surface area contributed by atoms with Crippen LogP contribution in [0.25, 0.3) is 0 Å². The third-order valence-corrected chi connectivity index (χ3v) is 3.55. The number of rotatable bonds is 6. The molecule has 0 aromatic rings. The van der Waals surface area contributed by atoms with E-state index >= 15 is 0 Å². The van der Waals surface area contributed by atoms with E-state index in [1.807, 2.05) is 0 Å². The largest absolute Gasteiger partial charge is 0.383 e. The molecule has 0 aliphatic carbocycles. The molecular formula is C12H23N3O2S. The molecule has 0 spiro atoms. The molecular weight excluding hydrogens is 250 g/mol. The van der Waals surface area contributed by atoms with Gasteiger partial charge in [0.25, 0.3) is 0 Å². The molecule has 6 heteroatoms. The molecule has 1 aliphatic heterocycles. The van der Waals surface area contributed by atoms with Crippen molar-refractivity contribution in [1.29, 1.82) is 0 Å². The monoisotopic (exact) mass is 273 g/mol. The maximum atomic E-state index is 11.4. The highest BCUT2D eigenvalue weighted by Crippen LogP contribution is 2.21. The van der Waals surface area contributed by atoms with Crippen molar-refractivity contribution in [1.82, 2.24) is 10.6 Å². The lowest BCUT2D eigenvalue weighted by molar-refractivity contribution is -0.121. The number of amides is 1. The van der Waals surface area contributed by atoms with Gasteiger partial charge in [-0.3, -0.25) is 9.79 Å². The van der Waals surface area contributed by atoms with Gasteiger partial charge in [-0.1, -0.05) is 11.8 Å². The van der Waals surface area contributed by atoms with Crippen molar-refractivity contribution in [2.45, 2.75) is 32.2 Å². The number of carbonyl (C=O) groups excluding carboxylic acids is 1. The summed E-state index contributed by atoms with van der Waals surface area (Å²) < 4.78 is 4.86. The molecule has 0 atom stereocenters. The van der Waals surface area contributed by atoms with Crippen LogP contribution in [0.3, 0.4) is 0 Å². The van der Waals surface area contributed by atoms with E-state index in [-0.39, 0.29) is 11.4 Å². The number of hydrogen-bond donors (Lipinski definition) is 2. The zero-order chi connectivity index (χ0) is 13.4. The van der Waals surface area contributed by atoms with Gasteiger partial charge in [0.15, 0.2) is 5.17 Å². The van der Waals surface area contributed by atoms with Crippen molar-refractivity contribution in [3.05, 3.63) is 0 Å². The fourth-order valence-electron chi connectivity index (χ4n) is 1.52. The van der Waals surface area contributed by atoms with Gasteiger partial charge < -0.3 is 15.4 Å². The summed E-state index contributed by atoms with van der Waals surface area (Å²) in [6.07, 6.45) is 1.56. The molecule has 1 rings (SSSR count). The predicted molar refractivity (Wildman–Crippen MR) is 76.1 cm³/mol. The molecule has 1 saturated heterocycles. The van der Waals surface area contributed by atoms with Crippen LogP contribution in [-0.4, -0.2) is 49.2 Å². The lowest BCUT2D eigenvalue weighted by Gasteiger charge is -2.32. The van der Waals surface area contributed by atoms with Gasteiger partial charge in [0.2, 0.25) is 5.91 Å². The SMILES string of the molecule is COCCNC(=O)CCN=C1NC(C)(C)CCS1. The number of amidine groups is 1. The van der Waals surface area contributed by atoms with Crippen molar-refractivity contribution in [3.63, 3.8) is 0 Å². The Bertz CT molecular complexity index is 306. The Morgan fingerprint density at radius 1 is 1.61 bits per heavy atom. The molecule has 0 aromatic carbocycles. The zero-order valence-corrected chi connectivity index (χ0v) is 12.2. The Labute approximate surface area is 113 Å². The summed E-state index contributed by atoms with van der Waals surface area (Å²) >= 11 is 1.73. The quantitative estimate of drug-likeness (QED) is 0.709. The first-order valence-corrected chi connectivity index (χ1v) is 7.23. The maximum Gasteiger partial charge on any atom is 0.221 e. The average Bonchev–Trinajstić information content (AvgIpc) is 2.28. The van der Waals surface area contributed by atoms with Gasteiger partial charge in [-0.25, -0.2) is 0 Å². The van der Waals surface area contributed by atoms with Crippen LogP contribution in [0.1, 0.15) is 26.7 Å². The number of methoxy groups -OCH3 is 1. The molecule has 0 radical (unpaired) electrons. The highest BCUT2D eigenvalue weighted by Gasteiger charge is 2.23. The summed E-state index contributed by atoms with van der Waals surface area (Å²) in [7, 11) is 1.62. The molecule has 2 N–H and O–H groups in total. The molecule has 0 saturated carbocycles. The van der Waals surface area contributed by atoms with E-state index in [0.29, 0.717) is 26.1 Å². The first-order valence-electron chi connectivity index (χ1n) is 6.24. The van der Waals surface area contributed by atoms with E-state index in [1.165, 1.54) is 0 Å². The fraction of sp³-hybridized carbons (Fsp3) is 0.833. The van der Waals surface area contributed by atoms with Crippen molar-refractivity contribution in [2.24, 2.45) is 4.99 Å². The van der Waals surface area contributed by atoms with E-state index in [2.05, 4.69) is 29.5 Å². The van der Waals surface area contributed by atoms with Crippen molar-refractivity contribution in [2.75, 3.05) is 32.6 Å². The summed E-state index contributed by atoms with van der Waals surface area (Å²) in [5.74, 6) is 1.11. The summed E-state index contributed by atoms with van der Waals surface area (Å²) in [6.45, 7) is 5.97. The number of aliphatic imine (C=N–C) groups is 1. The van der Waals surface area contributed by atoms with E-state index < -0.39 is 0 Å². The number of nitrogens with one attached hydrogen (secondary N) is 2. The third kappa shape index (κ3) is 6.26. The lowest BCUT2D eigenvalue weighted by atomic mass is 10.0. The van der Waals surface area contributed by atoms with E-state index in [4.69, 9.17) is 4.74 Å². The Balaban J connectivity index is 2.21. The number of hydrogen-bond acceptors (Lipinski definition) is 4. The van der Waals surface area contributed by atoms with Crippen LogP contribution in [0.5, 0.6) is 0 Å². The molecule has 0 bridgehead atoms. The second kappa shape index (κ2) is 7.63. The molecule has 5 nitrogen and oxygen atoms in total. The molecule has 104 valence electrons. The maximum absolute atomic E-state index is 11.4. The van der Waals surface area contributed by atoms with Crippen LogP contribution in [-0.2, 0) is 9.53 Å². The number of thioether (sulfide) groups is 1. The molecule has 1 heterocycles. The summed E-state index contributed by atoms with van der Waals surface area (Å²) in [5.41, 5.74) is 0.116. The topological polar surface area (TPSA) is 62.7 Å². The minimum Gasteiger partial charge on any atom is -0.383 e. The molecule has 1 fully saturated rings. The first-order chi connectivity index (χ1) is 8.53. The molecule has 0 unspecified atom stereocenters. The lowest BCUT2D eigenvalue weighted by Crippen LogP contribution is -2.46. The highest BCUT2D eigenvalue weighted by molar-refractivity contribution is 8.13. The summed E-state index contributed by atoms with van der Waals surface area (Å²) in [4.78, 5) is 15.8. The Morgan fingerprint density at radius 3 is 3.06 bits per heavy atom. The normalized spacial score (nSPS) is 20.5. The van der Waals surface area contributed by atoms with E-state index in [9.17, 15) is 4.79 Å². The van der Waals surface area contributed by atoms with Gasteiger partial charge in [-0.15, -0.1) is 0 Å². The Morgan fingerprint density at radius 2 is 2.39 bits per heavy atom. The van der Waals surface area contributed by atoms with Crippen molar-refractivity contribution in [3.8, 4) is 0 Å². The number of ether oxygens (including phenoxy) is 1. The fourth-order valence-corrected chi connectivity index (χ4v) is 2.85. The van der Waals surface area contributed by atoms with Gasteiger partial charge in [-0.05, 0) is 20.3 Å². The average molecular weight is 273 g/mol. The Hall–Kier alpha value is -0.750. The number of nitrogens with zero attached hydrogens (tertiary/aromatic N) is 1. The second-order valence-corrected chi connectivity index (χ2v) is 5.97. The van der Waals surface area contributed by atoms with Crippen LogP contribution < -0.4 is 10.6 Å². The smallest absolute Gasteiger partial charge is 0.221 e. The van der Waals surface area contributed by atoms with Gasteiger partial charge in [0.1, 0.15) is 0 Å². The Kier molecular flexibility index (Phi) is 6.49. The minimum atomic E-state index is 0.0245. The van der Waals surface area contributed by atoms with Gasteiger partial charge >= 0.3 is 0 Å². The minimum absolute atomic E-state index is 0.0245.